The van der Waals surface area contributed by atoms with Crippen LogP contribution in [0.5, 0.6) is 5.75 Å². The second-order valence-corrected chi connectivity index (χ2v) is 5.44. The van der Waals surface area contributed by atoms with Crippen LogP contribution in [0.1, 0.15) is 11.6 Å². The van der Waals surface area contributed by atoms with Gasteiger partial charge in [-0.2, -0.15) is 0 Å². The second kappa shape index (κ2) is 7.04. The van der Waals surface area contributed by atoms with Gasteiger partial charge in [-0.15, -0.1) is 0 Å². The summed E-state index contributed by atoms with van der Waals surface area (Å²) in [5.74, 6) is -0.229. The minimum absolute atomic E-state index is 0.140. The Hall–Kier alpha value is -3.35. The highest BCUT2D eigenvalue weighted by molar-refractivity contribution is 5.84. The van der Waals surface area contributed by atoms with Crippen molar-refractivity contribution in [1.29, 1.82) is 0 Å². The summed E-state index contributed by atoms with van der Waals surface area (Å²) in [6, 6.07) is 13.7. The molecule has 25 heavy (non-hydrogen) atoms. The highest BCUT2D eigenvalue weighted by Crippen LogP contribution is 2.33. The van der Waals surface area contributed by atoms with Crippen LogP contribution in [0.25, 0.3) is 0 Å². The first-order valence-electron chi connectivity index (χ1n) is 7.61. The number of nitrogens with one attached hydrogen (secondary N) is 1. The molecule has 1 N–H and O–H groups in total. The van der Waals surface area contributed by atoms with Crippen molar-refractivity contribution in [3.05, 3.63) is 76.4 Å². The number of esters is 1. The van der Waals surface area contributed by atoms with E-state index in [-0.39, 0.29) is 17.5 Å². The van der Waals surface area contributed by atoms with Gasteiger partial charge in [-0.1, -0.05) is 30.3 Å². The van der Waals surface area contributed by atoms with Gasteiger partial charge in [-0.25, -0.2) is 4.79 Å². The molecule has 7 heteroatoms. The van der Waals surface area contributed by atoms with Crippen molar-refractivity contribution in [1.82, 2.24) is 0 Å². The van der Waals surface area contributed by atoms with Crippen molar-refractivity contribution < 1.29 is 19.2 Å². The molecule has 0 spiro atoms. The molecule has 1 aliphatic rings. The fraction of sp³-hybridized carbons (Fsp3) is 0.167. The topological polar surface area (TPSA) is 90.7 Å². The summed E-state index contributed by atoms with van der Waals surface area (Å²) >= 11 is 0. The highest BCUT2D eigenvalue weighted by Gasteiger charge is 2.28. The number of cyclic esters (lactones) is 1. The third-order valence-electron chi connectivity index (χ3n) is 3.86. The standard InChI is InChI=1S/C18H16N2O5/c1-24-15-8-7-13(11-14(15)20(22)23)19-18(12-5-3-2-4-6-12)16-9-10-17(21)25-16/h2-11,16,18-19H,1H3. The minimum Gasteiger partial charge on any atom is -0.490 e. The molecule has 1 heterocycles. The summed E-state index contributed by atoms with van der Waals surface area (Å²) < 4.78 is 10.3. The van der Waals surface area contributed by atoms with E-state index in [0.717, 1.165) is 5.56 Å². The normalized spacial score (nSPS) is 17.0. The number of anilines is 1. The molecule has 0 aromatic heterocycles. The monoisotopic (exact) mass is 340 g/mol. The van der Waals surface area contributed by atoms with Crippen molar-refractivity contribution in [2.75, 3.05) is 12.4 Å². The molecule has 2 aromatic carbocycles. The molecule has 0 bridgehead atoms. The first-order chi connectivity index (χ1) is 12.1. The van der Waals surface area contributed by atoms with Gasteiger partial charge in [0.2, 0.25) is 0 Å². The first-order valence-corrected chi connectivity index (χ1v) is 7.61. The van der Waals surface area contributed by atoms with Gasteiger partial charge in [0.25, 0.3) is 0 Å². The van der Waals surface area contributed by atoms with Crippen molar-refractivity contribution >= 4 is 17.3 Å². The van der Waals surface area contributed by atoms with Crippen LogP contribution in [0.4, 0.5) is 11.4 Å². The third-order valence-corrected chi connectivity index (χ3v) is 3.86. The van der Waals surface area contributed by atoms with E-state index < -0.39 is 17.0 Å². The Bertz CT molecular complexity index is 819. The Morgan fingerprint density at radius 1 is 1.24 bits per heavy atom. The predicted molar refractivity (Wildman–Crippen MR) is 91.5 cm³/mol. The smallest absolute Gasteiger partial charge is 0.331 e. The van der Waals surface area contributed by atoms with Crippen LogP contribution in [0.2, 0.25) is 0 Å². The van der Waals surface area contributed by atoms with Crippen LogP contribution >= 0.6 is 0 Å². The molecule has 3 rings (SSSR count). The van der Waals surface area contributed by atoms with Gasteiger partial charge in [0.15, 0.2) is 5.75 Å². The number of benzene rings is 2. The fourth-order valence-corrected chi connectivity index (χ4v) is 2.68. The molecule has 0 fully saturated rings. The van der Waals surface area contributed by atoms with Crippen LogP contribution in [0.15, 0.2) is 60.7 Å². The van der Waals surface area contributed by atoms with E-state index in [1.807, 2.05) is 30.3 Å². The minimum atomic E-state index is -0.504. The number of ether oxygens (including phenoxy) is 2. The van der Waals surface area contributed by atoms with Crippen molar-refractivity contribution in [3.8, 4) is 5.75 Å². The molecule has 2 aromatic rings. The lowest BCUT2D eigenvalue weighted by Crippen LogP contribution is -2.25. The molecular formula is C18H16N2O5. The summed E-state index contributed by atoms with van der Waals surface area (Å²) in [5.41, 5.74) is 1.28. The zero-order valence-corrected chi connectivity index (χ0v) is 13.4. The van der Waals surface area contributed by atoms with E-state index in [1.54, 1.807) is 12.1 Å². The van der Waals surface area contributed by atoms with Gasteiger partial charge in [0.05, 0.1) is 18.1 Å². The van der Waals surface area contributed by atoms with Gasteiger partial charge < -0.3 is 14.8 Å². The molecule has 0 saturated heterocycles. The molecule has 0 saturated carbocycles. The lowest BCUT2D eigenvalue weighted by atomic mass is 10.0. The van der Waals surface area contributed by atoms with Crippen LogP contribution < -0.4 is 10.1 Å². The Kier molecular flexibility index (Phi) is 4.65. The predicted octanol–water partition coefficient (Wildman–Crippen LogP) is 3.24. The lowest BCUT2D eigenvalue weighted by molar-refractivity contribution is -0.385. The van der Waals surface area contributed by atoms with E-state index in [0.29, 0.717) is 5.69 Å². The Labute approximate surface area is 144 Å². The van der Waals surface area contributed by atoms with Crippen LogP contribution in [0, 0.1) is 10.1 Å². The third kappa shape index (κ3) is 3.60. The number of nitrogens with zero attached hydrogens (tertiary/aromatic N) is 1. The molecule has 0 amide bonds. The number of hydrogen-bond acceptors (Lipinski definition) is 6. The maximum Gasteiger partial charge on any atom is 0.331 e. The molecule has 0 aliphatic carbocycles. The second-order valence-electron chi connectivity index (χ2n) is 5.44. The average Bonchev–Trinajstić information content (AvgIpc) is 3.06. The van der Waals surface area contributed by atoms with Crippen LogP contribution in [-0.2, 0) is 9.53 Å². The number of methoxy groups -OCH3 is 1. The average molecular weight is 340 g/mol. The molecule has 1 aliphatic heterocycles. The summed E-state index contributed by atoms with van der Waals surface area (Å²) in [4.78, 5) is 22.1. The largest absolute Gasteiger partial charge is 0.490 e. The summed E-state index contributed by atoms with van der Waals surface area (Å²) in [5, 5.41) is 14.4. The van der Waals surface area contributed by atoms with Gasteiger partial charge in [-0.05, 0) is 23.8 Å². The zero-order chi connectivity index (χ0) is 17.8. The van der Waals surface area contributed by atoms with E-state index in [1.165, 1.54) is 25.3 Å². The molecule has 2 unspecified atom stereocenters. The van der Waals surface area contributed by atoms with Gasteiger partial charge in [0.1, 0.15) is 6.10 Å². The maximum absolute atomic E-state index is 11.4. The SMILES string of the molecule is COc1ccc(NC(c2ccccc2)C2C=CC(=O)O2)cc1[N+](=O)[O-]. The number of rotatable bonds is 6. The summed E-state index contributed by atoms with van der Waals surface area (Å²) in [6.45, 7) is 0. The molecule has 128 valence electrons. The van der Waals surface area contributed by atoms with E-state index in [4.69, 9.17) is 9.47 Å². The first kappa shape index (κ1) is 16.5. The fourth-order valence-electron chi connectivity index (χ4n) is 2.68. The van der Waals surface area contributed by atoms with Crippen molar-refractivity contribution in [2.45, 2.75) is 12.1 Å². The van der Waals surface area contributed by atoms with Crippen LogP contribution in [-0.4, -0.2) is 24.1 Å². The zero-order valence-electron chi connectivity index (χ0n) is 13.4. The van der Waals surface area contributed by atoms with Gasteiger partial charge in [0, 0.05) is 17.8 Å². The Morgan fingerprint density at radius 2 is 2.00 bits per heavy atom. The lowest BCUT2D eigenvalue weighted by Gasteiger charge is -2.24. The summed E-state index contributed by atoms with van der Waals surface area (Å²) in [6.07, 6.45) is 2.54. The Balaban J connectivity index is 1.93. The van der Waals surface area contributed by atoms with Gasteiger partial charge in [-0.3, -0.25) is 10.1 Å². The molecule has 7 nitrogen and oxygen atoms in total. The molecule has 2 atom stereocenters. The van der Waals surface area contributed by atoms with Crippen molar-refractivity contribution in [2.24, 2.45) is 0 Å². The highest BCUT2D eigenvalue weighted by atomic mass is 16.6. The van der Waals surface area contributed by atoms with E-state index in [2.05, 4.69) is 5.32 Å². The molecule has 0 radical (unpaired) electrons. The van der Waals surface area contributed by atoms with E-state index >= 15 is 0 Å². The number of carbonyl (C=O) groups is 1. The maximum atomic E-state index is 11.4. The van der Waals surface area contributed by atoms with E-state index in [9.17, 15) is 14.9 Å². The summed E-state index contributed by atoms with van der Waals surface area (Å²) in [7, 11) is 1.38. The van der Waals surface area contributed by atoms with Crippen LogP contribution in [0.3, 0.4) is 0 Å². The van der Waals surface area contributed by atoms with Crippen molar-refractivity contribution in [3.63, 3.8) is 0 Å². The number of nitro benzene ring substituents is 1. The molecular weight excluding hydrogens is 324 g/mol. The number of hydrogen-bond donors (Lipinski definition) is 1. The van der Waals surface area contributed by atoms with Gasteiger partial charge >= 0.3 is 11.7 Å². The number of nitro groups is 1. The Morgan fingerprint density at radius 3 is 2.60 bits per heavy atom. The quantitative estimate of drug-likeness (QED) is 0.493. The number of carbonyl (C=O) groups excluding carboxylic acids is 1.